The Balaban J connectivity index is 1.50. The van der Waals surface area contributed by atoms with Crippen LogP contribution >= 0.6 is 11.6 Å². The van der Waals surface area contributed by atoms with Crippen LogP contribution in [0.3, 0.4) is 0 Å². The molecule has 1 aromatic rings. The molecule has 0 radical (unpaired) electrons. The van der Waals surface area contributed by atoms with E-state index in [1.807, 2.05) is 4.90 Å². The van der Waals surface area contributed by atoms with Crippen LogP contribution in [0, 0.1) is 11.8 Å². The second-order valence-electron chi connectivity index (χ2n) is 5.10. The molecule has 0 N–H and O–H groups in total. The lowest BCUT2D eigenvalue weighted by Crippen LogP contribution is -2.34. The molecule has 4 nitrogen and oxygen atoms in total. The molecule has 5 heteroatoms. The van der Waals surface area contributed by atoms with Crippen molar-refractivity contribution in [3.05, 3.63) is 29.3 Å². The Morgan fingerprint density at radius 3 is 2.53 bits per heavy atom. The van der Waals surface area contributed by atoms with Gasteiger partial charge in [0.15, 0.2) is 6.61 Å². The van der Waals surface area contributed by atoms with Crippen molar-refractivity contribution < 1.29 is 14.3 Å². The van der Waals surface area contributed by atoms with Crippen molar-refractivity contribution in [1.82, 2.24) is 4.90 Å². The molecule has 2 aliphatic heterocycles. The summed E-state index contributed by atoms with van der Waals surface area (Å²) in [5.41, 5.74) is 0. The maximum absolute atomic E-state index is 12.1. The number of hydrogen-bond donors (Lipinski definition) is 0. The Morgan fingerprint density at radius 1 is 1.26 bits per heavy atom. The largest absolute Gasteiger partial charge is 0.484 e. The van der Waals surface area contributed by atoms with Crippen molar-refractivity contribution in [2.24, 2.45) is 11.8 Å². The Bertz CT molecular complexity index is 450. The molecule has 102 valence electrons. The van der Waals surface area contributed by atoms with Crippen molar-refractivity contribution in [2.75, 3.05) is 32.9 Å². The Hall–Kier alpha value is -1.26. The van der Waals surface area contributed by atoms with Crippen LogP contribution in [-0.2, 0) is 9.53 Å². The first kappa shape index (κ1) is 12.8. The van der Waals surface area contributed by atoms with Gasteiger partial charge in [-0.15, -0.1) is 0 Å². The topological polar surface area (TPSA) is 38.8 Å². The summed E-state index contributed by atoms with van der Waals surface area (Å²) in [6.45, 7) is 3.25. The monoisotopic (exact) mass is 281 g/mol. The van der Waals surface area contributed by atoms with Gasteiger partial charge >= 0.3 is 0 Å². The van der Waals surface area contributed by atoms with E-state index >= 15 is 0 Å². The van der Waals surface area contributed by atoms with Gasteiger partial charge in [-0.3, -0.25) is 4.79 Å². The van der Waals surface area contributed by atoms with Gasteiger partial charge in [0.25, 0.3) is 5.91 Å². The second kappa shape index (κ2) is 5.39. The Morgan fingerprint density at radius 2 is 1.89 bits per heavy atom. The van der Waals surface area contributed by atoms with Crippen LogP contribution in [0.15, 0.2) is 24.3 Å². The number of benzene rings is 1. The summed E-state index contributed by atoms with van der Waals surface area (Å²) in [5.74, 6) is 1.74. The van der Waals surface area contributed by atoms with Gasteiger partial charge < -0.3 is 14.4 Å². The standard InChI is InChI=1S/C14H16ClNO3/c15-12-1-3-13(4-2-12)19-9-14(17)16-5-10-7-18-8-11(10)6-16/h1-4,10-11H,5-9H2. The zero-order chi connectivity index (χ0) is 13.2. The number of carbonyl (C=O) groups excluding carboxylic acids is 1. The number of carbonyl (C=O) groups is 1. The lowest BCUT2D eigenvalue weighted by molar-refractivity contribution is -0.132. The number of ether oxygens (including phenoxy) is 2. The number of likely N-dealkylation sites (tertiary alicyclic amines) is 1. The van der Waals surface area contributed by atoms with Crippen molar-refractivity contribution in [1.29, 1.82) is 0 Å². The van der Waals surface area contributed by atoms with E-state index in [2.05, 4.69) is 0 Å². The van der Waals surface area contributed by atoms with Gasteiger partial charge in [-0.05, 0) is 24.3 Å². The van der Waals surface area contributed by atoms with Gasteiger partial charge in [0.05, 0.1) is 13.2 Å². The molecule has 0 saturated carbocycles. The van der Waals surface area contributed by atoms with E-state index in [-0.39, 0.29) is 12.5 Å². The third-order valence-corrected chi connectivity index (χ3v) is 4.02. The smallest absolute Gasteiger partial charge is 0.260 e. The maximum Gasteiger partial charge on any atom is 0.260 e. The third-order valence-electron chi connectivity index (χ3n) is 3.77. The Kier molecular flexibility index (Phi) is 3.62. The fourth-order valence-electron chi connectivity index (χ4n) is 2.66. The molecule has 0 spiro atoms. The second-order valence-corrected chi connectivity index (χ2v) is 5.54. The summed E-state index contributed by atoms with van der Waals surface area (Å²) in [7, 11) is 0. The summed E-state index contributed by atoms with van der Waals surface area (Å²) < 4.78 is 10.9. The molecule has 1 aromatic carbocycles. The molecular weight excluding hydrogens is 266 g/mol. The molecule has 2 saturated heterocycles. The van der Waals surface area contributed by atoms with E-state index in [1.54, 1.807) is 24.3 Å². The van der Waals surface area contributed by atoms with E-state index < -0.39 is 0 Å². The number of fused-ring (bicyclic) bond motifs is 1. The zero-order valence-electron chi connectivity index (χ0n) is 10.5. The third kappa shape index (κ3) is 2.85. The summed E-state index contributed by atoms with van der Waals surface area (Å²) in [4.78, 5) is 13.9. The Labute approximate surface area is 117 Å². The van der Waals surface area contributed by atoms with E-state index in [9.17, 15) is 4.79 Å². The molecule has 0 aromatic heterocycles. The highest BCUT2D eigenvalue weighted by Gasteiger charge is 2.38. The van der Waals surface area contributed by atoms with Crippen LogP contribution < -0.4 is 4.74 Å². The molecule has 0 aliphatic carbocycles. The number of rotatable bonds is 3. The van der Waals surface area contributed by atoms with Crippen LogP contribution in [0.2, 0.25) is 5.02 Å². The van der Waals surface area contributed by atoms with Crippen molar-refractivity contribution >= 4 is 17.5 Å². The summed E-state index contributed by atoms with van der Waals surface area (Å²) in [6.07, 6.45) is 0. The molecule has 2 unspecified atom stereocenters. The lowest BCUT2D eigenvalue weighted by atomic mass is 10.0. The highest BCUT2D eigenvalue weighted by Crippen LogP contribution is 2.29. The number of hydrogen-bond acceptors (Lipinski definition) is 3. The number of halogens is 1. The first-order chi connectivity index (χ1) is 9.22. The SMILES string of the molecule is O=C(COc1ccc(Cl)cc1)N1CC2COCC2C1. The van der Waals surface area contributed by atoms with Gasteiger partial charge in [0.1, 0.15) is 5.75 Å². The first-order valence-corrected chi connectivity index (χ1v) is 6.84. The molecule has 2 aliphatic rings. The fraction of sp³-hybridized carbons (Fsp3) is 0.500. The summed E-state index contributed by atoms with van der Waals surface area (Å²) in [6, 6.07) is 7.03. The van der Waals surface area contributed by atoms with Crippen LogP contribution in [-0.4, -0.2) is 43.7 Å². The maximum atomic E-state index is 12.1. The zero-order valence-corrected chi connectivity index (χ0v) is 11.3. The molecule has 1 amide bonds. The number of nitrogens with zero attached hydrogens (tertiary/aromatic N) is 1. The van der Waals surface area contributed by atoms with E-state index in [1.165, 1.54) is 0 Å². The molecule has 3 rings (SSSR count). The van der Waals surface area contributed by atoms with Crippen molar-refractivity contribution in [3.63, 3.8) is 0 Å². The van der Waals surface area contributed by atoms with Gasteiger partial charge in [-0.2, -0.15) is 0 Å². The average molecular weight is 282 g/mol. The minimum absolute atomic E-state index is 0.0457. The molecule has 19 heavy (non-hydrogen) atoms. The predicted octanol–water partition coefficient (Wildman–Crippen LogP) is 1.82. The van der Waals surface area contributed by atoms with Crippen LogP contribution in [0.4, 0.5) is 0 Å². The highest BCUT2D eigenvalue weighted by atomic mass is 35.5. The highest BCUT2D eigenvalue weighted by molar-refractivity contribution is 6.30. The molecule has 2 atom stereocenters. The van der Waals surface area contributed by atoms with Crippen LogP contribution in [0.5, 0.6) is 5.75 Å². The van der Waals surface area contributed by atoms with Gasteiger partial charge in [-0.25, -0.2) is 0 Å². The lowest BCUT2D eigenvalue weighted by Gasteiger charge is -2.17. The number of amides is 1. The normalized spacial score (nSPS) is 25.4. The van der Waals surface area contributed by atoms with E-state index in [0.29, 0.717) is 22.6 Å². The molecule has 2 fully saturated rings. The summed E-state index contributed by atoms with van der Waals surface area (Å²) in [5, 5.41) is 0.658. The van der Waals surface area contributed by atoms with Crippen LogP contribution in [0.25, 0.3) is 0 Å². The van der Waals surface area contributed by atoms with E-state index in [0.717, 1.165) is 26.3 Å². The minimum atomic E-state index is 0.0457. The molecular formula is C14H16ClNO3. The van der Waals surface area contributed by atoms with Crippen molar-refractivity contribution in [3.8, 4) is 5.75 Å². The fourth-order valence-corrected chi connectivity index (χ4v) is 2.78. The summed E-state index contributed by atoms with van der Waals surface area (Å²) >= 11 is 5.79. The molecule has 0 bridgehead atoms. The first-order valence-electron chi connectivity index (χ1n) is 6.46. The minimum Gasteiger partial charge on any atom is -0.484 e. The van der Waals surface area contributed by atoms with E-state index in [4.69, 9.17) is 21.1 Å². The van der Waals surface area contributed by atoms with Crippen molar-refractivity contribution in [2.45, 2.75) is 0 Å². The van der Waals surface area contributed by atoms with Gasteiger partial charge in [-0.1, -0.05) is 11.6 Å². The average Bonchev–Trinajstić information content (AvgIpc) is 2.98. The quantitative estimate of drug-likeness (QED) is 0.848. The predicted molar refractivity (Wildman–Crippen MR) is 71.3 cm³/mol. The van der Waals surface area contributed by atoms with Crippen LogP contribution in [0.1, 0.15) is 0 Å². The van der Waals surface area contributed by atoms with Gasteiger partial charge in [0.2, 0.25) is 0 Å². The van der Waals surface area contributed by atoms with Gasteiger partial charge in [0, 0.05) is 29.9 Å². The molecule has 2 heterocycles.